The summed E-state index contributed by atoms with van der Waals surface area (Å²) in [6, 6.07) is 15.6. The Bertz CT molecular complexity index is 968. The number of aryl methyl sites for hydroxylation is 1. The third-order valence-corrected chi connectivity index (χ3v) is 5.47. The predicted molar refractivity (Wildman–Crippen MR) is 121 cm³/mol. The molecule has 0 saturated carbocycles. The van der Waals surface area contributed by atoms with Gasteiger partial charge in [0.1, 0.15) is 12.4 Å². The van der Waals surface area contributed by atoms with Gasteiger partial charge in [-0.1, -0.05) is 29.5 Å². The number of hydrogen-bond acceptors (Lipinski definition) is 6. The molecule has 1 heterocycles. The van der Waals surface area contributed by atoms with Crippen molar-refractivity contribution in [3.63, 3.8) is 0 Å². The summed E-state index contributed by atoms with van der Waals surface area (Å²) in [6.45, 7) is 5.09. The molecule has 0 saturated heterocycles. The lowest BCUT2D eigenvalue weighted by molar-refractivity contribution is -0.113. The van der Waals surface area contributed by atoms with Crippen LogP contribution in [0.3, 0.4) is 0 Å². The number of nitrogens with zero attached hydrogens (tertiary/aromatic N) is 4. The summed E-state index contributed by atoms with van der Waals surface area (Å²) >= 11 is 1.37. The number of benzene rings is 2. The van der Waals surface area contributed by atoms with Gasteiger partial charge in [-0.05, 0) is 50.2 Å². The maximum Gasteiger partial charge on any atom is 0.234 e. The van der Waals surface area contributed by atoms with Crippen molar-refractivity contribution in [2.75, 3.05) is 30.1 Å². The molecule has 1 aromatic heterocycles. The molecule has 1 amide bonds. The van der Waals surface area contributed by atoms with E-state index in [4.69, 9.17) is 4.74 Å². The Balaban J connectivity index is 1.54. The van der Waals surface area contributed by atoms with Gasteiger partial charge in [0.2, 0.25) is 5.91 Å². The largest absolute Gasteiger partial charge is 0.486 e. The summed E-state index contributed by atoms with van der Waals surface area (Å²) < 4.78 is 7.79. The molecule has 0 aliphatic rings. The first-order valence-electron chi connectivity index (χ1n) is 9.78. The van der Waals surface area contributed by atoms with Gasteiger partial charge >= 0.3 is 0 Å². The van der Waals surface area contributed by atoms with Gasteiger partial charge in [-0.2, -0.15) is 0 Å². The first kappa shape index (κ1) is 21.7. The summed E-state index contributed by atoms with van der Waals surface area (Å²) in [5, 5.41) is 12.1. The second-order valence-electron chi connectivity index (χ2n) is 7.02. The number of anilines is 2. The van der Waals surface area contributed by atoms with Gasteiger partial charge in [-0.15, -0.1) is 10.2 Å². The molecule has 0 unspecified atom stereocenters. The Morgan fingerprint density at radius 1 is 1.10 bits per heavy atom. The van der Waals surface area contributed by atoms with Gasteiger partial charge in [0.15, 0.2) is 11.0 Å². The molecule has 7 nitrogen and oxygen atoms in total. The van der Waals surface area contributed by atoms with Crippen LogP contribution in [-0.4, -0.2) is 40.5 Å². The first-order valence-corrected chi connectivity index (χ1v) is 10.8. The smallest absolute Gasteiger partial charge is 0.234 e. The van der Waals surface area contributed by atoms with Crippen molar-refractivity contribution in [3.05, 3.63) is 59.9 Å². The van der Waals surface area contributed by atoms with E-state index in [1.807, 2.05) is 85.9 Å². The Hall–Kier alpha value is -3.00. The molecule has 0 atom stereocenters. The maximum absolute atomic E-state index is 12.3. The Morgan fingerprint density at radius 3 is 2.43 bits per heavy atom. The number of thioether (sulfide) groups is 1. The number of amides is 1. The first-order chi connectivity index (χ1) is 14.5. The quantitative estimate of drug-likeness (QED) is 0.523. The van der Waals surface area contributed by atoms with Crippen LogP contribution in [0.5, 0.6) is 5.75 Å². The monoisotopic (exact) mass is 425 g/mol. The Kier molecular flexibility index (Phi) is 7.35. The highest BCUT2D eigenvalue weighted by Crippen LogP contribution is 2.20. The van der Waals surface area contributed by atoms with E-state index in [9.17, 15) is 4.79 Å². The lowest BCUT2D eigenvalue weighted by Gasteiger charge is -2.13. The SMILES string of the molecule is CCn1c(COc2ccc(C)cc2)nnc1SCC(=O)Nc1ccc(N(C)C)cc1. The lowest BCUT2D eigenvalue weighted by atomic mass is 10.2. The summed E-state index contributed by atoms with van der Waals surface area (Å²) in [7, 11) is 3.96. The molecule has 30 heavy (non-hydrogen) atoms. The number of nitrogens with one attached hydrogen (secondary N) is 1. The minimum absolute atomic E-state index is 0.0827. The minimum Gasteiger partial charge on any atom is -0.486 e. The van der Waals surface area contributed by atoms with Crippen LogP contribution in [0.1, 0.15) is 18.3 Å². The molecule has 1 N–H and O–H groups in total. The second kappa shape index (κ2) is 10.2. The summed E-state index contributed by atoms with van der Waals surface area (Å²) in [5.74, 6) is 1.70. The molecule has 158 valence electrons. The standard InChI is InChI=1S/C22H27N5O2S/c1-5-27-20(14-29-19-12-6-16(2)7-13-19)24-25-22(27)30-15-21(28)23-17-8-10-18(11-9-17)26(3)4/h6-13H,5,14-15H2,1-4H3,(H,23,28). The zero-order valence-corrected chi connectivity index (χ0v) is 18.6. The third-order valence-electron chi connectivity index (χ3n) is 4.50. The molecule has 8 heteroatoms. The molecule has 0 aliphatic carbocycles. The molecule has 0 bridgehead atoms. The topological polar surface area (TPSA) is 72.3 Å². The summed E-state index contributed by atoms with van der Waals surface area (Å²) in [6.07, 6.45) is 0. The number of aromatic nitrogens is 3. The zero-order chi connectivity index (χ0) is 21.5. The fourth-order valence-corrected chi connectivity index (χ4v) is 3.62. The van der Waals surface area contributed by atoms with Gasteiger partial charge in [-0.3, -0.25) is 4.79 Å². The highest BCUT2D eigenvalue weighted by atomic mass is 32.2. The number of carbonyl (C=O) groups is 1. The van der Waals surface area contributed by atoms with Crippen molar-refractivity contribution >= 4 is 29.0 Å². The fourth-order valence-electron chi connectivity index (χ4n) is 2.80. The van der Waals surface area contributed by atoms with E-state index >= 15 is 0 Å². The second-order valence-corrected chi connectivity index (χ2v) is 7.97. The summed E-state index contributed by atoms with van der Waals surface area (Å²) in [4.78, 5) is 14.3. The molecule has 0 aliphatic heterocycles. The van der Waals surface area contributed by atoms with Gasteiger partial charge in [-0.25, -0.2) is 0 Å². The van der Waals surface area contributed by atoms with Gasteiger partial charge in [0.05, 0.1) is 5.75 Å². The van der Waals surface area contributed by atoms with Crippen LogP contribution in [-0.2, 0) is 17.9 Å². The molecule has 0 fully saturated rings. The number of carbonyl (C=O) groups excluding carboxylic acids is 1. The van der Waals surface area contributed by atoms with Crippen molar-refractivity contribution < 1.29 is 9.53 Å². The average Bonchev–Trinajstić information content (AvgIpc) is 3.14. The predicted octanol–water partition coefficient (Wildman–Crippen LogP) is 3.98. The van der Waals surface area contributed by atoms with Crippen LogP contribution < -0.4 is 15.0 Å². The van der Waals surface area contributed by atoms with E-state index in [2.05, 4.69) is 15.5 Å². The molecular formula is C22H27N5O2S. The van der Waals surface area contributed by atoms with Crippen LogP contribution in [0.4, 0.5) is 11.4 Å². The molecule has 3 rings (SSSR count). The van der Waals surface area contributed by atoms with E-state index in [0.29, 0.717) is 18.3 Å². The third kappa shape index (κ3) is 5.76. The Labute approximate surface area is 181 Å². The number of hydrogen-bond donors (Lipinski definition) is 1. The van der Waals surface area contributed by atoms with Crippen LogP contribution in [0.2, 0.25) is 0 Å². The minimum atomic E-state index is -0.0827. The van der Waals surface area contributed by atoms with E-state index in [1.165, 1.54) is 17.3 Å². The maximum atomic E-state index is 12.3. The van der Waals surface area contributed by atoms with Crippen LogP contribution >= 0.6 is 11.8 Å². The van der Waals surface area contributed by atoms with Crippen molar-refractivity contribution in [2.24, 2.45) is 0 Å². The van der Waals surface area contributed by atoms with Crippen LogP contribution in [0, 0.1) is 6.92 Å². The van der Waals surface area contributed by atoms with Gasteiger partial charge in [0.25, 0.3) is 0 Å². The molecule has 2 aromatic carbocycles. The van der Waals surface area contributed by atoms with Gasteiger partial charge < -0.3 is 19.5 Å². The highest BCUT2D eigenvalue weighted by molar-refractivity contribution is 7.99. The van der Waals surface area contributed by atoms with Crippen molar-refractivity contribution in [2.45, 2.75) is 32.2 Å². The van der Waals surface area contributed by atoms with Crippen molar-refractivity contribution in [1.29, 1.82) is 0 Å². The molecule has 3 aromatic rings. The lowest BCUT2D eigenvalue weighted by Crippen LogP contribution is -2.15. The molecule has 0 spiro atoms. The van der Waals surface area contributed by atoms with Crippen LogP contribution in [0.25, 0.3) is 0 Å². The number of ether oxygens (including phenoxy) is 1. The zero-order valence-electron chi connectivity index (χ0n) is 17.8. The molecular weight excluding hydrogens is 398 g/mol. The van der Waals surface area contributed by atoms with Crippen molar-refractivity contribution in [3.8, 4) is 5.75 Å². The number of rotatable bonds is 9. The Morgan fingerprint density at radius 2 is 1.80 bits per heavy atom. The summed E-state index contributed by atoms with van der Waals surface area (Å²) in [5.41, 5.74) is 3.04. The van der Waals surface area contributed by atoms with E-state index in [1.54, 1.807) is 0 Å². The highest BCUT2D eigenvalue weighted by Gasteiger charge is 2.14. The van der Waals surface area contributed by atoms with Crippen LogP contribution in [0.15, 0.2) is 53.7 Å². The molecule has 0 radical (unpaired) electrons. The van der Waals surface area contributed by atoms with E-state index in [0.717, 1.165) is 22.9 Å². The van der Waals surface area contributed by atoms with Crippen molar-refractivity contribution in [1.82, 2.24) is 14.8 Å². The van der Waals surface area contributed by atoms with E-state index in [-0.39, 0.29) is 11.7 Å². The normalized spacial score (nSPS) is 10.7. The average molecular weight is 426 g/mol. The van der Waals surface area contributed by atoms with E-state index < -0.39 is 0 Å². The fraction of sp³-hybridized carbons (Fsp3) is 0.318. The van der Waals surface area contributed by atoms with Gasteiger partial charge in [0, 0.05) is 32.0 Å².